The Morgan fingerprint density at radius 3 is 1.64 bits per heavy atom. The van der Waals surface area contributed by atoms with Crippen molar-refractivity contribution in [3.8, 4) is 12.1 Å². The van der Waals surface area contributed by atoms with Gasteiger partial charge in [-0.1, -0.05) is 91.0 Å². The van der Waals surface area contributed by atoms with Gasteiger partial charge in [0.2, 0.25) is 0 Å². The molecule has 3 nitrogen and oxygen atoms in total. The fraction of sp³-hybridized carbons (Fsp3) is 0. The molecule has 9 rings (SSSR count). The Labute approximate surface area is 266 Å². The van der Waals surface area contributed by atoms with Gasteiger partial charge < -0.3 is 0 Å². The van der Waals surface area contributed by atoms with Crippen molar-refractivity contribution in [3.05, 3.63) is 132 Å². The zero-order chi connectivity index (χ0) is 30.1. The minimum atomic E-state index is 0.0984. The number of rotatable bonds is 4. The van der Waals surface area contributed by atoms with Gasteiger partial charge in [-0.3, -0.25) is 4.90 Å². The van der Waals surface area contributed by atoms with Gasteiger partial charge in [-0.05, 0) is 90.4 Å². The fourth-order valence-corrected chi connectivity index (χ4v) is 9.03. The number of allylic oxidation sites excluding steroid dienone is 1. The van der Waals surface area contributed by atoms with E-state index < -0.39 is 0 Å². The first-order valence-electron chi connectivity index (χ1n) is 14.6. The smallest absolute Gasteiger partial charge is 0.130 e. The average molecular weight is 608 g/mol. The Hall–Kier alpha value is -5.72. The molecule has 9 aromatic rings. The molecule has 0 saturated heterocycles. The first kappa shape index (κ1) is 25.7. The van der Waals surface area contributed by atoms with E-state index in [2.05, 4.69) is 120 Å². The molecule has 208 valence electrons. The summed E-state index contributed by atoms with van der Waals surface area (Å²) >= 11 is 3.63. The second kappa shape index (κ2) is 9.91. The van der Waals surface area contributed by atoms with E-state index in [9.17, 15) is 10.5 Å². The van der Waals surface area contributed by atoms with Gasteiger partial charge in [0.15, 0.2) is 0 Å². The van der Waals surface area contributed by atoms with Gasteiger partial charge in [-0.2, -0.15) is 10.5 Å². The van der Waals surface area contributed by atoms with Crippen LogP contribution < -0.4 is 4.90 Å². The lowest BCUT2D eigenvalue weighted by Crippen LogP contribution is -2.07. The second-order valence-corrected chi connectivity index (χ2v) is 13.3. The number of thiophene rings is 2. The van der Waals surface area contributed by atoms with E-state index in [4.69, 9.17) is 0 Å². The molecule has 0 spiro atoms. The van der Waals surface area contributed by atoms with Crippen molar-refractivity contribution in [2.24, 2.45) is 0 Å². The van der Waals surface area contributed by atoms with E-state index in [0.29, 0.717) is 0 Å². The van der Waals surface area contributed by atoms with Crippen LogP contribution in [0.1, 0.15) is 5.56 Å². The lowest BCUT2D eigenvalue weighted by atomic mass is 9.87. The maximum Gasteiger partial charge on any atom is 0.130 e. The summed E-state index contributed by atoms with van der Waals surface area (Å²) in [5, 5.41) is 33.1. The van der Waals surface area contributed by atoms with Crippen LogP contribution >= 0.6 is 22.7 Å². The van der Waals surface area contributed by atoms with E-state index in [-0.39, 0.29) is 5.57 Å². The lowest BCUT2D eigenvalue weighted by molar-refractivity contribution is 1.38. The number of fused-ring (bicyclic) bond motifs is 4. The van der Waals surface area contributed by atoms with Crippen LogP contribution in [0.2, 0.25) is 0 Å². The molecule has 0 aliphatic heterocycles. The molecule has 0 radical (unpaired) electrons. The summed E-state index contributed by atoms with van der Waals surface area (Å²) in [7, 11) is 0. The first-order chi connectivity index (χ1) is 22.2. The van der Waals surface area contributed by atoms with Gasteiger partial charge in [0.25, 0.3) is 0 Å². The average Bonchev–Trinajstić information content (AvgIpc) is 3.71. The van der Waals surface area contributed by atoms with Crippen molar-refractivity contribution in [1.82, 2.24) is 0 Å². The normalized spacial score (nSPS) is 11.5. The van der Waals surface area contributed by atoms with Crippen LogP contribution in [0.25, 0.3) is 69.3 Å². The fourth-order valence-electron chi connectivity index (χ4n) is 6.79. The van der Waals surface area contributed by atoms with Gasteiger partial charge in [0, 0.05) is 14.8 Å². The number of benzene rings is 7. The first-order valence-corrected chi connectivity index (χ1v) is 16.3. The Bertz CT molecular complexity index is 2570. The van der Waals surface area contributed by atoms with Gasteiger partial charge in [0.1, 0.15) is 27.7 Å². The van der Waals surface area contributed by atoms with Crippen LogP contribution in [0.4, 0.5) is 15.7 Å². The molecule has 45 heavy (non-hydrogen) atoms. The molecule has 0 aliphatic carbocycles. The van der Waals surface area contributed by atoms with Crippen molar-refractivity contribution in [3.63, 3.8) is 0 Å². The quantitative estimate of drug-likeness (QED) is 0.114. The highest BCUT2D eigenvalue weighted by Gasteiger charge is 2.22. The summed E-state index contributed by atoms with van der Waals surface area (Å²) in [6, 6.07) is 47.5. The van der Waals surface area contributed by atoms with Crippen molar-refractivity contribution < 1.29 is 0 Å². The third kappa shape index (κ3) is 3.86. The largest absolute Gasteiger partial charge is 0.292 e. The lowest BCUT2D eigenvalue weighted by Gasteiger charge is -2.25. The molecule has 0 amide bonds. The van der Waals surface area contributed by atoms with Crippen LogP contribution in [0, 0.1) is 22.7 Å². The van der Waals surface area contributed by atoms with Crippen molar-refractivity contribution >= 4 is 108 Å². The van der Waals surface area contributed by atoms with Crippen LogP contribution in [0.3, 0.4) is 0 Å². The van der Waals surface area contributed by atoms with Crippen LogP contribution in [0.5, 0.6) is 0 Å². The molecule has 5 heteroatoms. The van der Waals surface area contributed by atoms with Crippen LogP contribution in [-0.2, 0) is 0 Å². The Morgan fingerprint density at radius 1 is 0.533 bits per heavy atom. The highest BCUT2D eigenvalue weighted by atomic mass is 32.1. The number of hydrogen-bond acceptors (Lipinski definition) is 5. The zero-order valence-corrected chi connectivity index (χ0v) is 25.4. The highest BCUT2D eigenvalue weighted by molar-refractivity contribution is 7.25. The highest BCUT2D eigenvalue weighted by Crippen LogP contribution is 2.50. The monoisotopic (exact) mass is 607 g/mol. The second-order valence-electron chi connectivity index (χ2n) is 11.2. The van der Waals surface area contributed by atoms with Crippen molar-refractivity contribution in [2.75, 3.05) is 4.90 Å². The minimum Gasteiger partial charge on any atom is -0.292 e. The standard InChI is InChI=1S/C40H21N3S2/c41-22-24(23-42)19-25-15-16-31-32-17-18-34(33-12-6-11-30(40(32)33)29-10-5-9-28(25)39(29)31)43(37-20-26-7-1-3-13-35(26)44-37)38-21-27-8-2-4-14-36(27)45-38/h1-21H. The molecule has 0 N–H and O–H groups in total. The summed E-state index contributed by atoms with van der Waals surface area (Å²) in [5.41, 5.74) is 2.12. The molecule has 0 saturated carbocycles. The maximum absolute atomic E-state index is 9.43. The maximum atomic E-state index is 9.43. The van der Waals surface area contributed by atoms with Crippen LogP contribution in [-0.4, -0.2) is 0 Å². The molecule has 0 aliphatic rings. The van der Waals surface area contributed by atoms with Crippen molar-refractivity contribution in [2.45, 2.75) is 0 Å². The third-order valence-electron chi connectivity index (χ3n) is 8.72. The van der Waals surface area contributed by atoms with Gasteiger partial charge >= 0.3 is 0 Å². The summed E-state index contributed by atoms with van der Waals surface area (Å²) < 4.78 is 2.53. The van der Waals surface area contributed by atoms with E-state index >= 15 is 0 Å². The van der Waals surface area contributed by atoms with Gasteiger partial charge in [0.05, 0.1) is 5.69 Å². The number of nitriles is 2. The number of nitrogens with zero attached hydrogens (tertiary/aromatic N) is 3. The number of hydrogen-bond donors (Lipinski definition) is 0. The Balaban J connectivity index is 1.36. The van der Waals surface area contributed by atoms with E-state index in [1.54, 1.807) is 6.08 Å². The topological polar surface area (TPSA) is 50.8 Å². The van der Waals surface area contributed by atoms with Gasteiger partial charge in [-0.25, -0.2) is 0 Å². The Morgan fingerprint density at radius 2 is 1.04 bits per heavy atom. The van der Waals surface area contributed by atoms with Crippen molar-refractivity contribution in [1.29, 1.82) is 10.5 Å². The summed E-state index contributed by atoms with van der Waals surface area (Å²) in [6.45, 7) is 0. The molecule has 2 aromatic heterocycles. The number of anilines is 3. The van der Waals surface area contributed by atoms with Gasteiger partial charge in [-0.15, -0.1) is 22.7 Å². The molecule has 2 heterocycles. The molecule has 0 fully saturated rings. The predicted octanol–water partition coefficient (Wildman–Crippen LogP) is 12.1. The zero-order valence-electron chi connectivity index (χ0n) is 23.8. The SMILES string of the molecule is N#CC(C#N)=Cc1ccc2c3ccc(N(c4cc5ccccc5s4)c4cc5ccccc5s4)c4cccc(c5cccc1c52)c43. The summed E-state index contributed by atoms with van der Waals surface area (Å²) in [4.78, 5) is 2.44. The van der Waals surface area contributed by atoms with E-state index in [1.807, 2.05) is 40.9 Å². The molecule has 7 aromatic carbocycles. The summed E-state index contributed by atoms with van der Waals surface area (Å²) in [5.74, 6) is 0. The van der Waals surface area contributed by atoms with E-state index in [1.165, 1.54) is 62.5 Å². The molecular weight excluding hydrogens is 587 g/mol. The molecule has 0 unspecified atom stereocenters. The third-order valence-corrected chi connectivity index (χ3v) is 10.9. The van der Waals surface area contributed by atoms with E-state index in [0.717, 1.165) is 22.0 Å². The summed E-state index contributed by atoms with van der Waals surface area (Å²) in [6.07, 6.45) is 1.69. The molecule has 0 bridgehead atoms. The minimum absolute atomic E-state index is 0.0984. The van der Waals surface area contributed by atoms with Crippen LogP contribution in [0.15, 0.2) is 127 Å². The molecule has 0 atom stereocenters. The predicted molar refractivity (Wildman–Crippen MR) is 192 cm³/mol. The Kier molecular flexibility index (Phi) is 5.67. The molecular formula is C40H21N3S2.